The quantitative estimate of drug-likeness (QED) is 0.750. The van der Waals surface area contributed by atoms with E-state index >= 15 is 0 Å². The SMILES string of the molecule is NC(=O)c1ccccc1NCc1nc(-c2ccc(Cl)cc2)no1. The highest BCUT2D eigenvalue weighted by Gasteiger charge is 2.11. The van der Waals surface area contributed by atoms with E-state index in [0.29, 0.717) is 28.0 Å². The van der Waals surface area contributed by atoms with Crippen molar-refractivity contribution in [2.24, 2.45) is 5.73 Å². The predicted octanol–water partition coefficient (Wildman–Crippen LogP) is 3.10. The molecule has 1 amide bonds. The second kappa shape index (κ2) is 6.50. The Morgan fingerprint density at radius 1 is 1.17 bits per heavy atom. The van der Waals surface area contributed by atoms with Gasteiger partial charge >= 0.3 is 0 Å². The Morgan fingerprint density at radius 3 is 2.65 bits per heavy atom. The van der Waals surface area contributed by atoms with E-state index in [0.717, 1.165) is 5.56 Å². The lowest BCUT2D eigenvalue weighted by atomic mass is 10.1. The van der Waals surface area contributed by atoms with Gasteiger partial charge in [-0.3, -0.25) is 4.79 Å². The van der Waals surface area contributed by atoms with Gasteiger partial charge < -0.3 is 15.6 Å². The van der Waals surface area contributed by atoms with Crippen LogP contribution in [0.1, 0.15) is 16.2 Å². The van der Waals surface area contributed by atoms with E-state index < -0.39 is 5.91 Å². The molecule has 0 saturated carbocycles. The Labute approximate surface area is 137 Å². The zero-order valence-corrected chi connectivity index (χ0v) is 12.7. The van der Waals surface area contributed by atoms with Crippen LogP contribution in [0.25, 0.3) is 11.4 Å². The van der Waals surface area contributed by atoms with Crippen molar-refractivity contribution < 1.29 is 9.32 Å². The third-order valence-electron chi connectivity index (χ3n) is 3.19. The van der Waals surface area contributed by atoms with Gasteiger partial charge in [0.15, 0.2) is 0 Å². The Balaban J connectivity index is 1.73. The number of nitrogens with two attached hydrogens (primary N) is 1. The summed E-state index contributed by atoms with van der Waals surface area (Å²) in [6, 6.07) is 14.1. The molecule has 6 nitrogen and oxygen atoms in total. The summed E-state index contributed by atoms with van der Waals surface area (Å²) in [7, 11) is 0. The second-order valence-electron chi connectivity index (χ2n) is 4.78. The summed E-state index contributed by atoms with van der Waals surface area (Å²) in [6.07, 6.45) is 0. The molecule has 23 heavy (non-hydrogen) atoms. The summed E-state index contributed by atoms with van der Waals surface area (Å²) in [4.78, 5) is 15.7. The molecular formula is C16H13ClN4O2. The molecule has 3 aromatic rings. The van der Waals surface area contributed by atoms with Gasteiger partial charge in [-0.15, -0.1) is 0 Å². The largest absolute Gasteiger partial charge is 0.375 e. The van der Waals surface area contributed by atoms with Crippen molar-refractivity contribution >= 4 is 23.2 Å². The number of nitrogens with zero attached hydrogens (tertiary/aromatic N) is 2. The molecular weight excluding hydrogens is 316 g/mol. The van der Waals surface area contributed by atoms with Crippen LogP contribution in [-0.4, -0.2) is 16.0 Å². The van der Waals surface area contributed by atoms with Gasteiger partial charge in [-0.25, -0.2) is 0 Å². The standard InChI is InChI=1S/C16H13ClN4O2/c17-11-7-5-10(6-8-11)16-20-14(23-21-16)9-19-13-4-2-1-3-12(13)15(18)22/h1-8,19H,9H2,(H2,18,22). The molecule has 2 aromatic carbocycles. The molecule has 0 unspecified atom stereocenters. The van der Waals surface area contributed by atoms with Crippen LogP contribution in [0, 0.1) is 0 Å². The van der Waals surface area contributed by atoms with Crippen molar-refractivity contribution in [2.75, 3.05) is 5.32 Å². The van der Waals surface area contributed by atoms with E-state index in [1.165, 1.54) is 0 Å². The number of amides is 1. The number of carbonyl (C=O) groups is 1. The first kappa shape index (κ1) is 15.1. The minimum atomic E-state index is -0.500. The van der Waals surface area contributed by atoms with Crippen molar-refractivity contribution in [1.29, 1.82) is 0 Å². The van der Waals surface area contributed by atoms with E-state index in [2.05, 4.69) is 15.5 Å². The first-order valence-electron chi connectivity index (χ1n) is 6.85. The summed E-state index contributed by atoms with van der Waals surface area (Å²) >= 11 is 5.85. The molecule has 7 heteroatoms. The second-order valence-corrected chi connectivity index (χ2v) is 5.22. The molecule has 0 aliphatic heterocycles. The molecule has 0 atom stereocenters. The Hall–Kier alpha value is -2.86. The van der Waals surface area contributed by atoms with Gasteiger partial charge in [0.2, 0.25) is 11.7 Å². The number of para-hydroxylation sites is 1. The smallest absolute Gasteiger partial charge is 0.250 e. The minimum Gasteiger partial charge on any atom is -0.375 e. The maximum atomic E-state index is 11.4. The molecule has 0 radical (unpaired) electrons. The van der Waals surface area contributed by atoms with Crippen LogP contribution in [-0.2, 0) is 6.54 Å². The zero-order valence-electron chi connectivity index (χ0n) is 12.0. The van der Waals surface area contributed by atoms with E-state index in [9.17, 15) is 4.79 Å². The van der Waals surface area contributed by atoms with Gasteiger partial charge in [-0.1, -0.05) is 28.9 Å². The minimum absolute atomic E-state index is 0.283. The maximum Gasteiger partial charge on any atom is 0.250 e. The molecule has 0 aliphatic carbocycles. The summed E-state index contributed by atoms with van der Waals surface area (Å²) in [5.41, 5.74) is 7.17. The molecule has 1 heterocycles. The fourth-order valence-corrected chi connectivity index (χ4v) is 2.19. The highest BCUT2D eigenvalue weighted by Crippen LogP contribution is 2.19. The highest BCUT2D eigenvalue weighted by molar-refractivity contribution is 6.30. The molecule has 0 bridgehead atoms. The normalized spacial score (nSPS) is 10.5. The lowest BCUT2D eigenvalue weighted by Crippen LogP contribution is -2.14. The van der Waals surface area contributed by atoms with Crippen LogP contribution in [0.15, 0.2) is 53.1 Å². The summed E-state index contributed by atoms with van der Waals surface area (Å²) in [5, 5.41) is 7.63. The number of rotatable bonds is 5. The van der Waals surface area contributed by atoms with Crippen LogP contribution in [0.5, 0.6) is 0 Å². The fraction of sp³-hybridized carbons (Fsp3) is 0.0625. The molecule has 116 valence electrons. The Bertz CT molecular complexity index is 830. The maximum absolute atomic E-state index is 11.4. The zero-order chi connectivity index (χ0) is 16.2. The average molecular weight is 329 g/mol. The van der Waals surface area contributed by atoms with Crippen molar-refractivity contribution in [3.8, 4) is 11.4 Å². The number of aromatic nitrogens is 2. The van der Waals surface area contributed by atoms with E-state index in [1.807, 2.05) is 18.2 Å². The van der Waals surface area contributed by atoms with Crippen LogP contribution in [0.3, 0.4) is 0 Å². The first-order chi connectivity index (χ1) is 11.1. The Kier molecular flexibility index (Phi) is 4.25. The van der Waals surface area contributed by atoms with Crippen molar-refractivity contribution in [1.82, 2.24) is 10.1 Å². The van der Waals surface area contributed by atoms with E-state index in [-0.39, 0.29) is 6.54 Å². The molecule has 0 aliphatic rings. The molecule has 3 N–H and O–H groups in total. The fourth-order valence-electron chi connectivity index (χ4n) is 2.07. The monoisotopic (exact) mass is 328 g/mol. The van der Waals surface area contributed by atoms with Crippen LogP contribution >= 0.6 is 11.6 Å². The predicted molar refractivity (Wildman–Crippen MR) is 87.0 cm³/mol. The van der Waals surface area contributed by atoms with Crippen molar-refractivity contribution in [3.63, 3.8) is 0 Å². The topological polar surface area (TPSA) is 94.0 Å². The molecule has 3 rings (SSSR count). The first-order valence-corrected chi connectivity index (χ1v) is 7.22. The van der Waals surface area contributed by atoms with E-state index in [1.54, 1.807) is 30.3 Å². The van der Waals surface area contributed by atoms with Crippen LogP contribution in [0.2, 0.25) is 5.02 Å². The number of anilines is 1. The lowest BCUT2D eigenvalue weighted by molar-refractivity contribution is 0.100. The number of benzene rings is 2. The number of carbonyl (C=O) groups excluding carboxylic acids is 1. The van der Waals surface area contributed by atoms with Gasteiger partial charge in [-0.2, -0.15) is 4.98 Å². The van der Waals surface area contributed by atoms with Gasteiger partial charge in [0.25, 0.3) is 5.91 Å². The van der Waals surface area contributed by atoms with Gasteiger partial charge in [0.05, 0.1) is 12.1 Å². The third-order valence-corrected chi connectivity index (χ3v) is 3.45. The Morgan fingerprint density at radius 2 is 1.91 bits per heavy atom. The molecule has 0 saturated heterocycles. The summed E-state index contributed by atoms with van der Waals surface area (Å²) in [5.74, 6) is 0.372. The summed E-state index contributed by atoms with van der Waals surface area (Å²) < 4.78 is 5.20. The lowest BCUT2D eigenvalue weighted by Gasteiger charge is -2.07. The van der Waals surface area contributed by atoms with E-state index in [4.69, 9.17) is 21.9 Å². The summed E-state index contributed by atoms with van der Waals surface area (Å²) in [6.45, 7) is 0.283. The number of primary amides is 1. The average Bonchev–Trinajstić information content (AvgIpc) is 3.03. The van der Waals surface area contributed by atoms with Gasteiger partial charge in [0, 0.05) is 16.3 Å². The highest BCUT2D eigenvalue weighted by atomic mass is 35.5. The molecule has 1 aromatic heterocycles. The van der Waals surface area contributed by atoms with Crippen LogP contribution in [0.4, 0.5) is 5.69 Å². The molecule has 0 fully saturated rings. The number of halogens is 1. The third kappa shape index (κ3) is 3.49. The number of hydrogen-bond acceptors (Lipinski definition) is 5. The van der Waals surface area contributed by atoms with Gasteiger partial charge in [0.1, 0.15) is 0 Å². The number of nitrogens with one attached hydrogen (secondary N) is 1. The van der Waals surface area contributed by atoms with Gasteiger partial charge in [-0.05, 0) is 36.4 Å². The van der Waals surface area contributed by atoms with Crippen molar-refractivity contribution in [3.05, 3.63) is 65.0 Å². The number of hydrogen-bond donors (Lipinski definition) is 2. The van der Waals surface area contributed by atoms with Crippen LogP contribution < -0.4 is 11.1 Å². The molecule has 0 spiro atoms. The van der Waals surface area contributed by atoms with Crippen molar-refractivity contribution in [2.45, 2.75) is 6.54 Å².